The maximum Gasteiger partial charge on any atom is 0.269 e. The molecule has 2 unspecified atom stereocenters. The zero-order valence-electron chi connectivity index (χ0n) is 24.9. The lowest BCUT2D eigenvalue weighted by atomic mass is 9.87. The summed E-state index contributed by atoms with van der Waals surface area (Å²) in [5, 5.41) is 30.8. The maximum atomic E-state index is 12.7. The Morgan fingerprint density at radius 1 is 1.00 bits per heavy atom. The van der Waals surface area contributed by atoms with Crippen molar-refractivity contribution in [1.82, 2.24) is 10.6 Å². The molecule has 0 aromatic heterocycles. The molecule has 17 heteroatoms. The van der Waals surface area contributed by atoms with Gasteiger partial charge in [0.2, 0.25) is 5.91 Å². The molecule has 1 heterocycles. The van der Waals surface area contributed by atoms with Crippen LogP contribution in [0.15, 0.2) is 62.0 Å². The number of nitrogens with one attached hydrogen (secondary N) is 2. The Hall–Kier alpha value is -1.63. The number of amides is 2. The molecule has 2 atom stereocenters. The van der Waals surface area contributed by atoms with Gasteiger partial charge in [-0.25, -0.2) is 0 Å². The number of phenols is 1. The quantitative estimate of drug-likeness (QED) is 0.163. The first kappa shape index (κ1) is 38.2. The van der Waals surface area contributed by atoms with Gasteiger partial charge in [-0.05, 0) is 138 Å². The van der Waals surface area contributed by atoms with Gasteiger partial charge < -0.3 is 39.9 Å². The predicted octanol–water partition coefficient (Wildman–Crippen LogP) is 6.66. The fourth-order valence-electron chi connectivity index (χ4n) is 4.81. The standard InChI is InChI=1S/C30H29Br6N3O8/c1-44-26-18(33)10-15(24(41)22(26)35)11-21(40)37-6-4-14-8-16(31)25(17(32)9-14)46-7-3-5-38-29(43)20-13-30(47-39-20)12-19(34)27(45-2)23(36)28(30)42/h8-10,12,28,41-42H,3-7,11,13H2,1-2H3,(H,37,40)(H,38,43). The van der Waals surface area contributed by atoms with E-state index in [4.69, 9.17) is 19.0 Å². The van der Waals surface area contributed by atoms with Gasteiger partial charge in [0.1, 0.15) is 33.5 Å². The zero-order chi connectivity index (χ0) is 34.5. The van der Waals surface area contributed by atoms with E-state index >= 15 is 0 Å². The van der Waals surface area contributed by atoms with Crippen LogP contribution in [-0.2, 0) is 32.0 Å². The number of hydrogen-bond acceptors (Lipinski definition) is 9. The third-order valence-electron chi connectivity index (χ3n) is 7.17. The molecule has 1 spiro atoms. The normalized spacial score (nSPS) is 18.8. The van der Waals surface area contributed by atoms with E-state index in [1.54, 1.807) is 12.1 Å². The molecule has 4 rings (SSSR count). The molecule has 11 nitrogen and oxygen atoms in total. The minimum atomic E-state index is -1.22. The second-order valence-electron chi connectivity index (χ2n) is 10.4. The van der Waals surface area contributed by atoms with Gasteiger partial charge in [-0.15, -0.1) is 0 Å². The summed E-state index contributed by atoms with van der Waals surface area (Å²) >= 11 is 20.6. The fraction of sp³-hybridized carbons (Fsp3) is 0.367. The largest absolute Gasteiger partial charge is 0.506 e. The van der Waals surface area contributed by atoms with Crippen molar-refractivity contribution in [3.8, 4) is 17.2 Å². The highest BCUT2D eigenvalue weighted by molar-refractivity contribution is 9.12. The Kier molecular flexibility index (Phi) is 13.7. The Balaban J connectivity index is 1.20. The highest BCUT2D eigenvalue weighted by Crippen LogP contribution is 2.44. The van der Waals surface area contributed by atoms with Gasteiger partial charge in [-0.2, -0.15) is 0 Å². The van der Waals surface area contributed by atoms with Crippen LogP contribution >= 0.6 is 95.6 Å². The smallest absolute Gasteiger partial charge is 0.269 e. The molecule has 0 saturated heterocycles. The highest BCUT2D eigenvalue weighted by atomic mass is 79.9. The number of phenolic OH excluding ortho intramolecular Hbond substituents is 1. The number of carbonyl (C=O) groups excluding carboxylic acids is 2. The Labute approximate surface area is 321 Å². The molecule has 0 fully saturated rings. The topological polar surface area (TPSA) is 148 Å². The fourth-order valence-corrected chi connectivity index (χ4v) is 9.64. The molecule has 0 saturated carbocycles. The third kappa shape index (κ3) is 8.94. The molecule has 2 amide bonds. The van der Waals surface area contributed by atoms with Gasteiger partial charge in [0, 0.05) is 25.1 Å². The summed E-state index contributed by atoms with van der Waals surface area (Å²) in [6, 6.07) is 5.49. The summed E-state index contributed by atoms with van der Waals surface area (Å²) < 4.78 is 19.9. The number of nitrogens with zero attached hydrogens (tertiary/aromatic N) is 1. The van der Waals surface area contributed by atoms with Gasteiger partial charge in [0.15, 0.2) is 11.4 Å². The number of halogens is 6. The first-order valence-electron chi connectivity index (χ1n) is 14.0. The van der Waals surface area contributed by atoms with Crippen molar-refractivity contribution in [2.24, 2.45) is 5.16 Å². The summed E-state index contributed by atoms with van der Waals surface area (Å²) in [7, 11) is 2.98. The Bertz CT molecular complexity index is 1630. The Morgan fingerprint density at radius 2 is 1.68 bits per heavy atom. The van der Waals surface area contributed by atoms with Crippen LogP contribution in [0.4, 0.5) is 0 Å². The van der Waals surface area contributed by atoms with E-state index < -0.39 is 17.6 Å². The van der Waals surface area contributed by atoms with E-state index in [-0.39, 0.29) is 30.2 Å². The molecule has 1 aliphatic carbocycles. The van der Waals surface area contributed by atoms with Crippen LogP contribution in [0.3, 0.4) is 0 Å². The van der Waals surface area contributed by atoms with Gasteiger partial charge in [-0.3, -0.25) is 9.59 Å². The van der Waals surface area contributed by atoms with Gasteiger partial charge in [-0.1, -0.05) is 5.16 Å². The minimum absolute atomic E-state index is 0.00000792. The number of aliphatic hydroxyl groups excluding tert-OH is 1. The number of aliphatic hydroxyl groups is 1. The van der Waals surface area contributed by atoms with Crippen LogP contribution in [0.1, 0.15) is 24.0 Å². The number of hydrogen-bond donors (Lipinski definition) is 4. The van der Waals surface area contributed by atoms with Crippen LogP contribution in [0.5, 0.6) is 17.2 Å². The molecule has 4 N–H and O–H groups in total. The Morgan fingerprint density at radius 3 is 2.34 bits per heavy atom. The number of aromatic hydroxyl groups is 1. The second-order valence-corrected chi connectivity index (χ2v) is 15.4. The van der Waals surface area contributed by atoms with Gasteiger partial charge in [0.05, 0.1) is 49.6 Å². The van der Waals surface area contributed by atoms with Crippen LogP contribution in [-0.4, -0.2) is 73.4 Å². The van der Waals surface area contributed by atoms with Crippen LogP contribution in [0.2, 0.25) is 0 Å². The molecule has 47 heavy (non-hydrogen) atoms. The zero-order valence-corrected chi connectivity index (χ0v) is 34.4. The number of benzene rings is 2. The van der Waals surface area contributed by atoms with Crippen molar-refractivity contribution in [1.29, 1.82) is 0 Å². The minimum Gasteiger partial charge on any atom is -0.506 e. The van der Waals surface area contributed by atoms with Crippen LogP contribution < -0.4 is 20.1 Å². The average Bonchev–Trinajstić information content (AvgIpc) is 3.44. The summed E-state index contributed by atoms with van der Waals surface area (Å²) in [6.45, 7) is 1.05. The lowest BCUT2D eigenvalue weighted by Crippen LogP contribution is -2.45. The third-order valence-corrected chi connectivity index (χ3v) is 11.1. The number of oxime groups is 1. The SMILES string of the molecule is COC1=C(Br)C(O)C2(C=C1Br)CC(C(=O)NCCCOc1c(Br)cc(CCNC(=O)Cc3cc(Br)c(OC)c(Br)c3O)cc1Br)=NO2. The summed E-state index contributed by atoms with van der Waals surface area (Å²) in [5.41, 5.74) is 0.369. The van der Waals surface area contributed by atoms with E-state index in [0.717, 1.165) is 14.5 Å². The number of allylic oxidation sites excluding steroid dienone is 1. The lowest BCUT2D eigenvalue weighted by molar-refractivity contribution is -0.120. The predicted molar refractivity (Wildman–Crippen MR) is 197 cm³/mol. The second kappa shape index (κ2) is 16.9. The number of rotatable bonds is 13. The van der Waals surface area contributed by atoms with Gasteiger partial charge in [0.25, 0.3) is 5.91 Å². The highest BCUT2D eigenvalue weighted by Gasteiger charge is 2.50. The lowest BCUT2D eigenvalue weighted by Gasteiger charge is -2.33. The van der Waals surface area contributed by atoms with Crippen molar-refractivity contribution in [3.05, 3.63) is 68.0 Å². The monoisotopic (exact) mass is 1030 g/mol. The van der Waals surface area contributed by atoms with Crippen LogP contribution in [0, 0.1) is 0 Å². The summed E-state index contributed by atoms with van der Waals surface area (Å²) in [6.07, 6.45) is 1.71. The molecule has 2 aromatic carbocycles. The van der Waals surface area contributed by atoms with E-state index in [0.29, 0.717) is 73.3 Å². The molecule has 2 aliphatic rings. The van der Waals surface area contributed by atoms with Crippen molar-refractivity contribution in [3.63, 3.8) is 0 Å². The van der Waals surface area contributed by atoms with Crippen molar-refractivity contribution in [2.75, 3.05) is 33.9 Å². The molecular weight excluding hydrogens is 1010 g/mol. The maximum absolute atomic E-state index is 12.7. The van der Waals surface area contributed by atoms with Crippen molar-refractivity contribution < 1.29 is 38.9 Å². The molecule has 1 aliphatic heterocycles. The number of carbonyl (C=O) groups is 2. The van der Waals surface area contributed by atoms with Crippen molar-refractivity contribution in [2.45, 2.75) is 37.4 Å². The average molecular weight is 1040 g/mol. The summed E-state index contributed by atoms with van der Waals surface area (Å²) in [5.74, 6) is 0.829. The first-order chi connectivity index (χ1) is 22.3. The van der Waals surface area contributed by atoms with Crippen LogP contribution in [0.25, 0.3) is 0 Å². The molecule has 2 aromatic rings. The number of methoxy groups -OCH3 is 2. The molecule has 0 bridgehead atoms. The van der Waals surface area contributed by atoms with E-state index in [2.05, 4.69) is 111 Å². The van der Waals surface area contributed by atoms with E-state index in [9.17, 15) is 19.8 Å². The number of ether oxygens (including phenoxy) is 3. The van der Waals surface area contributed by atoms with E-state index in [1.165, 1.54) is 14.2 Å². The van der Waals surface area contributed by atoms with Gasteiger partial charge >= 0.3 is 0 Å². The molecule has 0 radical (unpaired) electrons. The molecule has 254 valence electrons. The van der Waals surface area contributed by atoms with E-state index in [1.807, 2.05) is 12.1 Å². The van der Waals surface area contributed by atoms with Crippen molar-refractivity contribution >= 4 is 113 Å². The summed E-state index contributed by atoms with van der Waals surface area (Å²) in [4.78, 5) is 30.8. The molecular formula is C30H29Br6N3O8. The first-order valence-corrected chi connectivity index (χ1v) is 18.7.